The van der Waals surface area contributed by atoms with Crippen LogP contribution in [0, 0.1) is 5.41 Å². The molecule has 4 rings (SSSR count). The van der Waals surface area contributed by atoms with Crippen LogP contribution in [0.25, 0.3) is 10.9 Å². The molecule has 2 heterocycles. The van der Waals surface area contributed by atoms with Crippen LogP contribution in [0.5, 0.6) is 5.75 Å². The molecular formula is C23H25ClN6O4. The van der Waals surface area contributed by atoms with Crippen molar-refractivity contribution >= 4 is 46.0 Å². The molecular weight excluding hydrogens is 460 g/mol. The van der Waals surface area contributed by atoms with E-state index in [-0.39, 0.29) is 24.0 Å². The van der Waals surface area contributed by atoms with Crippen molar-refractivity contribution in [2.45, 2.75) is 26.3 Å². The van der Waals surface area contributed by atoms with Crippen molar-refractivity contribution in [2.24, 2.45) is 5.73 Å². The van der Waals surface area contributed by atoms with Gasteiger partial charge in [0.2, 0.25) is 0 Å². The smallest absolute Gasteiger partial charge is 0.300 e. The van der Waals surface area contributed by atoms with Gasteiger partial charge in [0, 0.05) is 43.1 Å². The molecule has 1 aromatic heterocycles. The molecule has 0 radical (unpaired) electrons. The normalized spacial score (nSPS) is 12.7. The standard InChI is InChI=1S/C21H21ClN6O2.C2H4O2/c22-16-8-15-17(9-14(16)21(30)28-5-1-2-6-28)26-11-27-20(15)25-10-13-7-12(19(23)24)3-4-18(13)29;1-2(3)4/h3-4,7-9,11,29H,1-2,5-6,10H2,(H3,23,24)(H,25,26,27);1H3,(H,3,4). The molecule has 11 heteroatoms. The number of nitrogens with one attached hydrogen (secondary N) is 2. The number of carbonyl (C=O) groups is 2. The van der Waals surface area contributed by atoms with Gasteiger partial charge >= 0.3 is 0 Å². The Morgan fingerprint density at radius 2 is 1.88 bits per heavy atom. The maximum Gasteiger partial charge on any atom is 0.300 e. The van der Waals surface area contributed by atoms with Crippen LogP contribution in [0.1, 0.15) is 41.3 Å². The van der Waals surface area contributed by atoms with Crippen molar-refractivity contribution in [1.82, 2.24) is 14.9 Å². The molecule has 0 saturated carbocycles. The van der Waals surface area contributed by atoms with Gasteiger partial charge in [0.15, 0.2) is 0 Å². The third kappa shape index (κ3) is 5.90. The number of carboxylic acid groups (broad SMARTS) is 1. The maximum atomic E-state index is 12.8. The van der Waals surface area contributed by atoms with Crippen LogP contribution >= 0.6 is 11.6 Å². The number of halogens is 1. The van der Waals surface area contributed by atoms with Gasteiger partial charge in [-0.05, 0) is 43.2 Å². The molecule has 3 aromatic rings. The van der Waals surface area contributed by atoms with Crippen molar-refractivity contribution in [3.05, 3.63) is 58.4 Å². The number of hydrogen-bond acceptors (Lipinski definition) is 7. The van der Waals surface area contributed by atoms with Crippen molar-refractivity contribution in [3.63, 3.8) is 0 Å². The van der Waals surface area contributed by atoms with E-state index >= 15 is 0 Å². The number of rotatable bonds is 5. The van der Waals surface area contributed by atoms with Gasteiger partial charge in [0.05, 0.1) is 16.1 Å². The molecule has 10 nitrogen and oxygen atoms in total. The quantitative estimate of drug-likeness (QED) is 0.272. The third-order valence-electron chi connectivity index (χ3n) is 5.18. The number of carbonyl (C=O) groups excluding carboxylic acids is 1. The van der Waals surface area contributed by atoms with Crippen LogP contribution in [-0.4, -0.2) is 55.9 Å². The largest absolute Gasteiger partial charge is 0.508 e. The Bertz CT molecular complexity index is 1240. The van der Waals surface area contributed by atoms with Crippen LogP contribution in [0.15, 0.2) is 36.7 Å². The van der Waals surface area contributed by atoms with Crippen LogP contribution in [0.2, 0.25) is 5.02 Å². The summed E-state index contributed by atoms with van der Waals surface area (Å²) in [4.78, 5) is 32.1. The van der Waals surface area contributed by atoms with Crippen LogP contribution in [-0.2, 0) is 11.3 Å². The first-order valence-electron chi connectivity index (χ1n) is 10.5. The first-order chi connectivity index (χ1) is 16.2. The number of nitrogens with two attached hydrogens (primary N) is 1. The lowest BCUT2D eigenvalue weighted by Gasteiger charge is -2.17. The Morgan fingerprint density at radius 1 is 1.21 bits per heavy atom. The number of amides is 1. The Kier molecular flexibility index (Phi) is 7.85. The Balaban J connectivity index is 0.000000751. The number of phenols is 1. The average Bonchev–Trinajstić information content (AvgIpc) is 3.32. The van der Waals surface area contributed by atoms with E-state index in [1.54, 1.807) is 29.2 Å². The topological polar surface area (TPSA) is 166 Å². The summed E-state index contributed by atoms with van der Waals surface area (Å²) in [5.41, 5.74) is 7.65. The monoisotopic (exact) mass is 484 g/mol. The fourth-order valence-electron chi connectivity index (χ4n) is 3.55. The maximum absolute atomic E-state index is 12.8. The highest BCUT2D eigenvalue weighted by molar-refractivity contribution is 6.34. The zero-order chi connectivity index (χ0) is 24.8. The zero-order valence-electron chi connectivity index (χ0n) is 18.5. The molecule has 1 fully saturated rings. The number of benzene rings is 2. The van der Waals surface area contributed by atoms with E-state index in [0.717, 1.165) is 32.9 Å². The van der Waals surface area contributed by atoms with Gasteiger partial charge in [-0.15, -0.1) is 0 Å². The summed E-state index contributed by atoms with van der Waals surface area (Å²) < 4.78 is 0. The molecule has 1 amide bonds. The molecule has 2 aromatic carbocycles. The van der Waals surface area contributed by atoms with E-state index in [1.807, 2.05) is 0 Å². The van der Waals surface area contributed by atoms with Crippen LogP contribution < -0.4 is 11.1 Å². The number of fused-ring (bicyclic) bond motifs is 1. The van der Waals surface area contributed by atoms with Gasteiger partial charge in [-0.2, -0.15) is 0 Å². The number of nitrogen functional groups attached to an aromatic ring is 1. The minimum absolute atomic E-state index is 0.0780. The fraction of sp³-hybridized carbons (Fsp3) is 0.261. The molecule has 1 aliphatic rings. The lowest BCUT2D eigenvalue weighted by atomic mass is 10.1. The number of hydrogen-bond donors (Lipinski definition) is 5. The SMILES string of the molecule is CC(=O)O.N=C(N)c1ccc(O)c(CNc2ncnc3cc(C(=O)N4CCCC4)c(Cl)cc23)c1. The highest BCUT2D eigenvalue weighted by Gasteiger charge is 2.22. The summed E-state index contributed by atoms with van der Waals surface area (Å²) in [6, 6.07) is 8.11. The Labute approximate surface area is 200 Å². The molecule has 0 aliphatic carbocycles. The lowest BCUT2D eigenvalue weighted by molar-refractivity contribution is -0.134. The molecule has 0 atom stereocenters. The number of anilines is 1. The minimum Gasteiger partial charge on any atom is -0.508 e. The lowest BCUT2D eigenvalue weighted by Crippen LogP contribution is -2.27. The summed E-state index contributed by atoms with van der Waals surface area (Å²) in [6.45, 7) is 2.82. The summed E-state index contributed by atoms with van der Waals surface area (Å²) in [6.07, 6.45) is 3.42. The number of phenolic OH excluding ortho intramolecular Hbond substituents is 1. The number of amidine groups is 1. The number of aliphatic carboxylic acids is 1. The second-order valence-corrected chi connectivity index (χ2v) is 8.11. The molecule has 0 unspecified atom stereocenters. The zero-order valence-corrected chi connectivity index (χ0v) is 19.3. The highest BCUT2D eigenvalue weighted by Crippen LogP contribution is 2.29. The molecule has 178 valence electrons. The summed E-state index contributed by atoms with van der Waals surface area (Å²) >= 11 is 6.44. The number of nitrogens with zero attached hydrogens (tertiary/aromatic N) is 3. The van der Waals surface area contributed by atoms with E-state index in [2.05, 4.69) is 15.3 Å². The average molecular weight is 485 g/mol. The molecule has 1 aliphatic heterocycles. The molecule has 0 spiro atoms. The predicted molar refractivity (Wildman–Crippen MR) is 129 cm³/mol. The molecule has 6 N–H and O–H groups in total. The van der Waals surface area contributed by atoms with Crippen molar-refractivity contribution in [1.29, 1.82) is 5.41 Å². The van der Waals surface area contributed by atoms with E-state index in [1.165, 1.54) is 12.4 Å². The van der Waals surface area contributed by atoms with E-state index in [4.69, 9.17) is 32.6 Å². The Hall–Kier alpha value is -3.92. The van der Waals surface area contributed by atoms with Gasteiger partial charge < -0.3 is 26.2 Å². The second-order valence-electron chi connectivity index (χ2n) is 7.70. The van der Waals surface area contributed by atoms with Crippen LogP contribution in [0.4, 0.5) is 5.82 Å². The number of likely N-dealkylation sites (tertiary alicyclic amines) is 1. The van der Waals surface area contributed by atoms with Gasteiger partial charge in [0.1, 0.15) is 23.7 Å². The first-order valence-corrected chi connectivity index (χ1v) is 10.9. The number of aromatic nitrogens is 2. The van der Waals surface area contributed by atoms with Gasteiger partial charge in [0.25, 0.3) is 11.9 Å². The third-order valence-corrected chi connectivity index (χ3v) is 5.50. The summed E-state index contributed by atoms with van der Waals surface area (Å²) in [5, 5.41) is 29.3. The van der Waals surface area contributed by atoms with Crippen molar-refractivity contribution in [3.8, 4) is 5.75 Å². The van der Waals surface area contributed by atoms with E-state index in [0.29, 0.717) is 38.4 Å². The van der Waals surface area contributed by atoms with Crippen molar-refractivity contribution in [2.75, 3.05) is 18.4 Å². The summed E-state index contributed by atoms with van der Waals surface area (Å²) in [7, 11) is 0. The summed E-state index contributed by atoms with van der Waals surface area (Å²) in [5.74, 6) is -0.388. The minimum atomic E-state index is -0.833. The second kappa shape index (κ2) is 10.8. The van der Waals surface area contributed by atoms with E-state index in [9.17, 15) is 9.90 Å². The molecule has 34 heavy (non-hydrogen) atoms. The van der Waals surface area contributed by atoms with Gasteiger partial charge in [-0.25, -0.2) is 9.97 Å². The number of aromatic hydroxyl groups is 1. The number of carboxylic acids is 1. The molecule has 1 saturated heterocycles. The van der Waals surface area contributed by atoms with Crippen molar-refractivity contribution < 1.29 is 19.8 Å². The predicted octanol–water partition coefficient (Wildman–Crippen LogP) is 3.21. The van der Waals surface area contributed by atoms with Gasteiger partial charge in [-0.1, -0.05) is 11.6 Å². The Morgan fingerprint density at radius 3 is 2.53 bits per heavy atom. The van der Waals surface area contributed by atoms with Crippen LogP contribution in [0.3, 0.4) is 0 Å². The molecule has 0 bridgehead atoms. The van der Waals surface area contributed by atoms with Gasteiger partial charge in [-0.3, -0.25) is 15.0 Å². The highest BCUT2D eigenvalue weighted by atomic mass is 35.5. The van der Waals surface area contributed by atoms with E-state index < -0.39 is 5.97 Å². The fourth-order valence-corrected chi connectivity index (χ4v) is 3.79. The first kappa shape index (κ1) is 24.7.